The van der Waals surface area contributed by atoms with Crippen LogP contribution in [0, 0.1) is 6.92 Å². The number of nitrogens with one attached hydrogen (secondary N) is 2. The Balaban J connectivity index is 2.01. The van der Waals surface area contributed by atoms with Crippen LogP contribution in [-0.4, -0.2) is 17.8 Å². The molecule has 1 aromatic rings. The second kappa shape index (κ2) is 6.83. The molecule has 0 bridgehead atoms. The molecule has 110 valence electrons. The third-order valence-electron chi connectivity index (χ3n) is 3.29. The van der Waals surface area contributed by atoms with Gasteiger partial charge in [0.25, 0.3) is 0 Å². The third kappa shape index (κ3) is 4.30. The highest BCUT2D eigenvalue weighted by molar-refractivity contribution is 7.80. The SMILES string of the molecule is Cc1ccc(NC(=S)NC2CCCC2)c(OC(F)F)c1. The molecule has 6 heteroatoms. The van der Waals surface area contributed by atoms with Gasteiger partial charge in [-0.1, -0.05) is 18.9 Å². The van der Waals surface area contributed by atoms with Gasteiger partial charge in [0.15, 0.2) is 5.11 Å². The first-order chi connectivity index (χ1) is 9.54. The van der Waals surface area contributed by atoms with Crippen molar-refractivity contribution in [1.82, 2.24) is 5.32 Å². The third-order valence-corrected chi connectivity index (χ3v) is 3.51. The van der Waals surface area contributed by atoms with E-state index in [-0.39, 0.29) is 5.75 Å². The monoisotopic (exact) mass is 300 g/mol. The van der Waals surface area contributed by atoms with E-state index in [0.29, 0.717) is 16.8 Å². The molecule has 0 aliphatic heterocycles. The first kappa shape index (κ1) is 15.0. The molecular formula is C14H18F2N2OS. The smallest absolute Gasteiger partial charge is 0.387 e. The average molecular weight is 300 g/mol. The molecule has 0 aromatic heterocycles. The van der Waals surface area contributed by atoms with Gasteiger partial charge in [0.1, 0.15) is 5.75 Å². The molecule has 2 rings (SSSR count). The standard InChI is InChI=1S/C14H18F2N2OS/c1-9-6-7-11(12(8-9)19-13(15)16)18-14(20)17-10-4-2-3-5-10/h6-8,10,13H,2-5H2,1H3,(H2,17,18,20). The molecule has 0 heterocycles. The number of thiocarbonyl (C=S) groups is 1. The number of aryl methyl sites for hydroxylation is 1. The minimum absolute atomic E-state index is 0.107. The van der Waals surface area contributed by atoms with Gasteiger partial charge in [0, 0.05) is 6.04 Å². The number of rotatable bonds is 4. The van der Waals surface area contributed by atoms with Crippen LogP contribution in [0.3, 0.4) is 0 Å². The predicted octanol–water partition coefficient (Wildman–Crippen LogP) is 3.83. The maximum absolute atomic E-state index is 12.4. The van der Waals surface area contributed by atoms with Crippen molar-refractivity contribution in [1.29, 1.82) is 0 Å². The minimum atomic E-state index is -2.85. The fourth-order valence-electron chi connectivity index (χ4n) is 2.34. The van der Waals surface area contributed by atoms with Crippen molar-refractivity contribution in [3.8, 4) is 5.75 Å². The first-order valence-electron chi connectivity index (χ1n) is 6.67. The van der Waals surface area contributed by atoms with Gasteiger partial charge in [0.2, 0.25) is 0 Å². The number of benzene rings is 1. The van der Waals surface area contributed by atoms with E-state index < -0.39 is 6.61 Å². The Hall–Kier alpha value is -1.43. The van der Waals surface area contributed by atoms with Crippen molar-refractivity contribution in [2.24, 2.45) is 0 Å². The van der Waals surface area contributed by atoms with E-state index in [0.717, 1.165) is 18.4 Å². The van der Waals surface area contributed by atoms with Gasteiger partial charge in [-0.15, -0.1) is 0 Å². The number of hydrogen-bond donors (Lipinski definition) is 2. The van der Waals surface area contributed by atoms with E-state index in [9.17, 15) is 8.78 Å². The molecule has 0 unspecified atom stereocenters. The van der Waals surface area contributed by atoms with Crippen molar-refractivity contribution in [2.45, 2.75) is 45.3 Å². The van der Waals surface area contributed by atoms with Gasteiger partial charge in [-0.05, 0) is 49.7 Å². The predicted molar refractivity (Wildman–Crippen MR) is 79.4 cm³/mol. The lowest BCUT2D eigenvalue weighted by molar-refractivity contribution is -0.0493. The van der Waals surface area contributed by atoms with Crippen molar-refractivity contribution >= 4 is 23.0 Å². The zero-order valence-electron chi connectivity index (χ0n) is 11.3. The lowest BCUT2D eigenvalue weighted by Gasteiger charge is -2.18. The van der Waals surface area contributed by atoms with Crippen LogP contribution in [0.2, 0.25) is 0 Å². The molecule has 0 radical (unpaired) electrons. The zero-order chi connectivity index (χ0) is 14.5. The largest absolute Gasteiger partial charge is 0.433 e. The van der Waals surface area contributed by atoms with Crippen LogP contribution in [-0.2, 0) is 0 Å². The molecule has 1 aromatic carbocycles. The lowest BCUT2D eigenvalue weighted by atomic mass is 10.2. The summed E-state index contributed by atoms with van der Waals surface area (Å²) in [7, 11) is 0. The minimum Gasteiger partial charge on any atom is -0.433 e. The Morgan fingerprint density at radius 3 is 2.70 bits per heavy atom. The maximum atomic E-state index is 12.4. The van der Waals surface area contributed by atoms with Gasteiger partial charge in [-0.3, -0.25) is 0 Å². The van der Waals surface area contributed by atoms with Crippen LogP contribution in [0.4, 0.5) is 14.5 Å². The molecule has 20 heavy (non-hydrogen) atoms. The molecular weight excluding hydrogens is 282 g/mol. The van der Waals surface area contributed by atoms with Crippen LogP contribution in [0.15, 0.2) is 18.2 Å². The van der Waals surface area contributed by atoms with E-state index in [1.54, 1.807) is 12.1 Å². The maximum Gasteiger partial charge on any atom is 0.387 e. The molecule has 0 amide bonds. The molecule has 1 saturated carbocycles. The van der Waals surface area contributed by atoms with Crippen LogP contribution in [0.5, 0.6) is 5.75 Å². The second-order valence-corrected chi connectivity index (χ2v) is 5.37. The Morgan fingerprint density at radius 2 is 2.05 bits per heavy atom. The van der Waals surface area contributed by atoms with Crippen molar-refractivity contribution in [2.75, 3.05) is 5.32 Å². The van der Waals surface area contributed by atoms with E-state index in [1.165, 1.54) is 12.8 Å². The fraction of sp³-hybridized carbons (Fsp3) is 0.500. The zero-order valence-corrected chi connectivity index (χ0v) is 12.1. The Bertz CT molecular complexity index is 476. The van der Waals surface area contributed by atoms with E-state index in [2.05, 4.69) is 15.4 Å². The summed E-state index contributed by atoms with van der Waals surface area (Å²) in [6.07, 6.45) is 4.58. The van der Waals surface area contributed by atoms with Gasteiger partial charge < -0.3 is 15.4 Å². The van der Waals surface area contributed by atoms with E-state index >= 15 is 0 Å². The van der Waals surface area contributed by atoms with Gasteiger partial charge in [-0.2, -0.15) is 8.78 Å². The summed E-state index contributed by atoms with van der Waals surface area (Å²) in [5, 5.41) is 6.58. The Labute approximate surface area is 122 Å². The van der Waals surface area contributed by atoms with Gasteiger partial charge in [-0.25, -0.2) is 0 Å². The van der Waals surface area contributed by atoms with Crippen molar-refractivity contribution in [3.05, 3.63) is 23.8 Å². The van der Waals surface area contributed by atoms with Gasteiger partial charge in [0.05, 0.1) is 5.69 Å². The summed E-state index contributed by atoms with van der Waals surface area (Å²) in [6, 6.07) is 5.45. The molecule has 1 fully saturated rings. The molecule has 0 spiro atoms. The summed E-state index contributed by atoms with van der Waals surface area (Å²) in [6.45, 7) is -1.04. The summed E-state index contributed by atoms with van der Waals surface area (Å²) < 4.78 is 29.3. The fourth-order valence-corrected chi connectivity index (χ4v) is 2.62. The highest BCUT2D eigenvalue weighted by atomic mass is 32.1. The summed E-state index contributed by atoms with van der Waals surface area (Å²) in [5.74, 6) is 0.107. The van der Waals surface area contributed by atoms with Crippen LogP contribution >= 0.6 is 12.2 Å². The van der Waals surface area contributed by atoms with Crippen molar-refractivity contribution in [3.63, 3.8) is 0 Å². The van der Waals surface area contributed by atoms with E-state index in [1.807, 2.05) is 13.0 Å². The second-order valence-electron chi connectivity index (χ2n) is 4.96. The van der Waals surface area contributed by atoms with E-state index in [4.69, 9.17) is 12.2 Å². The summed E-state index contributed by atoms with van der Waals surface area (Å²) in [5.41, 5.74) is 1.30. The number of halogens is 2. The topological polar surface area (TPSA) is 33.3 Å². The highest BCUT2D eigenvalue weighted by Crippen LogP contribution is 2.27. The molecule has 2 N–H and O–H groups in total. The van der Waals surface area contributed by atoms with Gasteiger partial charge >= 0.3 is 6.61 Å². The number of anilines is 1. The number of hydrogen-bond acceptors (Lipinski definition) is 2. The molecule has 1 aliphatic rings. The molecule has 3 nitrogen and oxygen atoms in total. The normalized spacial score (nSPS) is 15.4. The lowest BCUT2D eigenvalue weighted by Crippen LogP contribution is -2.36. The quantitative estimate of drug-likeness (QED) is 0.828. The molecule has 0 saturated heterocycles. The highest BCUT2D eigenvalue weighted by Gasteiger charge is 2.16. The molecule has 0 atom stereocenters. The molecule has 1 aliphatic carbocycles. The van der Waals surface area contributed by atoms with Crippen LogP contribution in [0.1, 0.15) is 31.2 Å². The Morgan fingerprint density at radius 1 is 1.35 bits per heavy atom. The summed E-state index contributed by atoms with van der Waals surface area (Å²) in [4.78, 5) is 0. The number of ether oxygens (including phenoxy) is 1. The first-order valence-corrected chi connectivity index (χ1v) is 7.08. The Kier molecular flexibility index (Phi) is 5.11. The number of alkyl halides is 2. The van der Waals surface area contributed by atoms with Crippen LogP contribution in [0.25, 0.3) is 0 Å². The average Bonchev–Trinajstić information content (AvgIpc) is 2.84. The van der Waals surface area contributed by atoms with Crippen LogP contribution < -0.4 is 15.4 Å². The van der Waals surface area contributed by atoms with Crippen molar-refractivity contribution < 1.29 is 13.5 Å². The summed E-state index contributed by atoms with van der Waals surface area (Å²) >= 11 is 5.21.